The second-order valence-corrected chi connectivity index (χ2v) is 5.47. The average molecular weight is 323 g/mol. The Kier molecular flexibility index (Phi) is 4.24. The number of nitrogens with one attached hydrogen (secondary N) is 2. The van der Waals surface area contributed by atoms with Crippen molar-refractivity contribution in [3.63, 3.8) is 0 Å². The van der Waals surface area contributed by atoms with Crippen LogP contribution in [0.2, 0.25) is 0 Å². The molecule has 0 radical (unpaired) electrons. The van der Waals surface area contributed by atoms with Gasteiger partial charge in [0.25, 0.3) is 5.91 Å². The van der Waals surface area contributed by atoms with E-state index < -0.39 is 0 Å². The van der Waals surface area contributed by atoms with Crippen LogP contribution in [0.3, 0.4) is 0 Å². The molecule has 2 heterocycles. The van der Waals surface area contributed by atoms with Crippen LogP contribution in [0.25, 0.3) is 0 Å². The van der Waals surface area contributed by atoms with Gasteiger partial charge in [-0.05, 0) is 50.1 Å². The number of anilines is 3. The van der Waals surface area contributed by atoms with Crippen molar-refractivity contribution in [3.8, 4) is 0 Å². The van der Waals surface area contributed by atoms with E-state index in [4.69, 9.17) is 4.52 Å². The predicted molar refractivity (Wildman–Crippen MR) is 90.4 cm³/mol. The minimum atomic E-state index is -0.381. The summed E-state index contributed by atoms with van der Waals surface area (Å²) in [4.78, 5) is 20.6. The summed E-state index contributed by atoms with van der Waals surface area (Å²) in [6.45, 7) is 5.83. The van der Waals surface area contributed by atoms with Crippen LogP contribution in [-0.4, -0.2) is 21.0 Å². The summed E-state index contributed by atoms with van der Waals surface area (Å²) in [5.74, 6) is 0.931. The molecule has 7 nitrogen and oxygen atoms in total. The highest BCUT2D eigenvalue weighted by Crippen LogP contribution is 2.17. The lowest BCUT2D eigenvalue weighted by Crippen LogP contribution is -2.15. The summed E-state index contributed by atoms with van der Waals surface area (Å²) in [5.41, 5.74) is 3.47. The molecule has 2 N–H and O–H groups in total. The monoisotopic (exact) mass is 323 g/mol. The van der Waals surface area contributed by atoms with E-state index >= 15 is 0 Å². The number of amides is 1. The van der Waals surface area contributed by atoms with Gasteiger partial charge in [0.2, 0.25) is 5.95 Å². The summed E-state index contributed by atoms with van der Waals surface area (Å²) in [5, 5.41) is 9.45. The largest absolute Gasteiger partial charge is 0.360 e. The lowest BCUT2D eigenvalue weighted by atomic mass is 10.1. The molecule has 1 amide bonds. The third-order valence-corrected chi connectivity index (χ3v) is 3.52. The van der Waals surface area contributed by atoms with E-state index in [1.54, 1.807) is 13.0 Å². The van der Waals surface area contributed by atoms with E-state index in [0.29, 0.717) is 17.5 Å². The minimum absolute atomic E-state index is 0.233. The van der Waals surface area contributed by atoms with Crippen molar-refractivity contribution in [2.24, 2.45) is 0 Å². The maximum Gasteiger partial charge on any atom is 0.275 e. The number of aromatic nitrogens is 3. The molecule has 1 aromatic carbocycles. The quantitative estimate of drug-likeness (QED) is 0.764. The highest BCUT2D eigenvalue weighted by molar-refractivity contribution is 6.02. The molecule has 0 spiro atoms. The molecule has 7 heteroatoms. The molecule has 0 saturated heterocycles. The zero-order valence-electron chi connectivity index (χ0n) is 13.6. The Balaban J connectivity index is 1.75. The van der Waals surface area contributed by atoms with Crippen LogP contribution in [0.5, 0.6) is 0 Å². The first-order valence-electron chi connectivity index (χ1n) is 7.43. The highest BCUT2D eigenvalue weighted by Gasteiger charge is 2.11. The fourth-order valence-electron chi connectivity index (χ4n) is 2.10. The molecule has 0 bridgehead atoms. The van der Waals surface area contributed by atoms with Gasteiger partial charge in [-0.15, -0.1) is 0 Å². The Labute approximate surface area is 139 Å². The van der Waals surface area contributed by atoms with Gasteiger partial charge in [0.1, 0.15) is 11.5 Å². The van der Waals surface area contributed by atoms with Crippen LogP contribution in [0.15, 0.2) is 41.1 Å². The van der Waals surface area contributed by atoms with Crippen molar-refractivity contribution in [2.45, 2.75) is 20.8 Å². The van der Waals surface area contributed by atoms with E-state index in [2.05, 4.69) is 25.8 Å². The van der Waals surface area contributed by atoms with Gasteiger partial charge in [0, 0.05) is 18.0 Å². The molecule has 0 unspecified atom stereocenters. The first kappa shape index (κ1) is 15.7. The number of aryl methyl sites for hydroxylation is 3. The Bertz CT molecular complexity index is 888. The molecule has 3 aromatic rings. The summed E-state index contributed by atoms with van der Waals surface area (Å²) in [7, 11) is 0. The first-order chi connectivity index (χ1) is 11.5. The molecule has 0 fully saturated rings. The minimum Gasteiger partial charge on any atom is -0.360 e. The van der Waals surface area contributed by atoms with Crippen LogP contribution in [0.4, 0.5) is 17.5 Å². The van der Waals surface area contributed by atoms with Crippen LogP contribution < -0.4 is 10.6 Å². The fraction of sp³-hybridized carbons (Fsp3) is 0.176. The second kappa shape index (κ2) is 6.49. The summed E-state index contributed by atoms with van der Waals surface area (Å²) in [6, 6.07) is 9.13. The van der Waals surface area contributed by atoms with Crippen molar-refractivity contribution in [1.82, 2.24) is 15.1 Å². The van der Waals surface area contributed by atoms with E-state index in [1.807, 2.05) is 32.0 Å². The van der Waals surface area contributed by atoms with Gasteiger partial charge in [0.15, 0.2) is 5.82 Å². The molecule has 0 saturated carbocycles. The van der Waals surface area contributed by atoms with Crippen LogP contribution in [-0.2, 0) is 0 Å². The van der Waals surface area contributed by atoms with Gasteiger partial charge in [0.05, 0.1) is 0 Å². The normalized spacial score (nSPS) is 10.5. The fourth-order valence-corrected chi connectivity index (χ4v) is 2.10. The van der Waals surface area contributed by atoms with E-state index in [-0.39, 0.29) is 11.6 Å². The number of nitrogens with zero attached hydrogens (tertiary/aromatic N) is 3. The number of hydrogen-bond acceptors (Lipinski definition) is 6. The number of carbonyl (C=O) groups is 1. The summed E-state index contributed by atoms with van der Waals surface area (Å²) >= 11 is 0. The number of carbonyl (C=O) groups excluding carboxylic acids is 1. The number of rotatable bonds is 4. The van der Waals surface area contributed by atoms with Gasteiger partial charge in [-0.25, -0.2) is 9.97 Å². The SMILES string of the molecule is Cc1cc(NC(=O)c2ccnc(Nc3ccc(C)c(C)c3)n2)no1. The van der Waals surface area contributed by atoms with Gasteiger partial charge in [-0.1, -0.05) is 11.2 Å². The number of benzene rings is 1. The lowest BCUT2D eigenvalue weighted by molar-refractivity contribution is 0.102. The molecular formula is C17H17N5O2. The first-order valence-corrected chi connectivity index (χ1v) is 7.43. The predicted octanol–water partition coefficient (Wildman–Crippen LogP) is 3.39. The van der Waals surface area contributed by atoms with Crippen molar-refractivity contribution in [3.05, 3.63) is 59.1 Å². The standard InChI is InChI=1S/C17H17N5O2/c1-10-4-5-13(8-11(10)2)19-17-18-7-6-14(20-17)16(23)21-15-9-12(3)24-22-15/h4-9H,1-3H3,(H,18,19,20)(H,21,22,23). The molecule has 24 heavy (non-hydrogen) atoms. The topological polar surface area (TPSA) is 92.9 Å². The van der Waals surface area contributed by atoms with E-state index in [9.17, 15) is 4.79 Å². The molecule has 0 aliphatic rings. The summed E-state index contributed by atoms with van der Waals surface area (Å²) < 4.78 is 4.91. The van der Waals surface area contributed by atoms with Gasteiger partial charge >= 0.3 is 0 Å². The summed E-state index contributed by atoms with van der Waals surface area (Å²) in [6.07, 6.45) is 1.53. The lowest BCUT2D eigenvalue weighted by Gasteiger charge is -2.08. The molecular weight excluding hydrogens is 306 g/mol. The zero-order chi connectivity index (χ0) is 17.1. The third-order valence-electron chi connectivity index (χ3n) is 3.52. The van der Waals surface area contributed by atoms with E-state index in [1.165, 1.54) is 17.8 Å². The maximum atomic E-state index is 12.2. The van der Waals surface area contributed by atoms with Gasteiger partial charge in [-0.3, -0.25) is 4.79 Å². The molecule has 0 aliphatic carbocycles. The van der Waals surface area contributed by atoms with Crippen molar-refractivity contribution in [2.75, 3.05) is 10.6 Å². The van der Waals surface area contributed by atoms with Crippen molar-refractivity contribution >= 4 is 23.4 Å². The van der Waals surface area contributed by atoms with E-state index in [0.717, 1.165) is 11.3 Å². The Morgan fingerprint density at radius 1 is 1.08 bits per heavy atom. The highest BCUT2D eigenvalue weighted by atomic mass is 16.5. The smallest absolute Gasteiger partial charge is 0.275 e. The second-order valence-electron chi connectivity index (χ2n) is 5.47. The van der Waals surface area contributed by atoms with Gasteiger partial charge < -0.3 is 15.2 Å². The van der Waals surface area contributed by atoms with Crippen LogP contribution >= 0.6 is 0 Å². The molecule has 2 aromatic heterocycles. The molecule has 0 atom stereocenters. The average Bonchev–Trinajstić information content (AvgIpc) is 2.96. The van der Waals surface area contributed by atoms with Crippen molar-refractivity contribution in [1.29, 1.82) is 0 Å². The number of hydrogen-bond donors (Lipinski definition) is 2. The molecule has 3 rings (SSSR count). The van der Waals surface area contributed by atoms with Crippen molar-refractivity contribution < 1.29 is 9.32 Å². The third kappa shape index (κ3) is 3.57. The van der Waals surface area contributed by atoms with Gasteiger partial charge in [-0.2, -0.15) is 0 Å². The Hall–Kier alpha value is -3.22. The Morgan fingerprint density at radius 2 is 1.92 bits per heavy atom. The molecule has 122 valence electrons. The van der Waals surface area contributed by atoms with Crippen LogP contribution in [0.1, 0.15) is 27.4 Å². The maximum absolute atomic E-state index is 12.2. The van der Waals surface area contributed by atoms with Crippen LogP contribution in [0, 0.1) is 20.8 Å². The Morgan fingerprint density at radius 3 is 2.62 bits per heavy atom. The molecule has 0 aliphatic heterocycles. The zero-order valence-corrected chi connectivity index (χ0v) is 13.6.